The van der Waals surface area contributed by atoms with Gasteiger partial charge in [0.2, 0.25) is 0 Å². The van der Waals surface area contributed by atoms with Crippen LogP contribution < -0.4 is 0 Å². The molecule has 0 spiro atoms. The molecule has 0 bridgehead atoms. The maximum atomic E-state index is 13.9. The molecular formula is C44H67O14P. The largest absolute Gasteiger partial charge is 0.474 e. The highest BCUT2D eigenvalue weighted by Crippen LogP contribution is 2.51. The van der Waals surface area contributed by atoms with E-state index in [-0.39, 0.29) is 68.2 Å². The second-order valence-electron chi connectivity index (χ2n) is 17.9. The van der Waals surface area contributed by atoms with Crippen LogP contribution in [0.1, 0.15) is 129 Å². The molecule has 2 aromatic carbocycles. The number of rotatable bonds is 28. The summed E-state index contributed by atoms with van der Waals surface area (Å²) in [4.78, 5) is 50.8. The molecule has 2 rings (SSSR count). The number of carbonyl (C=O) groups is 4. The Kier molecular flexibility index (Phi) is 20.9. The van der Waals surface area contributed by atoms with Crippen molar-refractivity contribution in [1.29, 1.82) is 0 Å². The lowest BCUT2D eigenvalue weighted by atomic mass is 9.96. The lowest BCUT2D eigenvalue weighted by Crippen LogP contribution is -2.29. The Balaban J connectivity index is 1.96. The van der Waals surface area contributed by atoms with Crippen LogP contribution in [0.4, 0.5) is 0 Å². The lowest BCUT2D eigenvalue weighted by molar-refractivity contribution is 0.00454. The van der Waals surface area contributed by atoms with Crippen LogP contribution in [0.5, 0.6) is 0 Å². The zero-order chi connectivity index (χ0) is 44.3. The van der Waals surface area contributed by atoms with Crippen LogP contribution in [0.2, 0.25) is 0 Å². The number of esters is 4. The van der Waals surface area contributed by atoms with Crippen LogP contribution >= 0.6 is 7.82 Å². The summed E-state index contributed by atoms with van der Waals surface area (Å²) in [5.74, 6) is -2.26. The monoisotopic (exact) mass is 850 g/mol. The number of hydrogen-bond donors (Lipinski definition) is 0. The summed E-state index contributed by atoms with van der Waals surface area (Å²) in [6.07, 6.45) is 3.53. The molecule has 0 atom stereocenters. The quantitative estimate of drug-likeness (QED) is 0.0344. The maximum Gasteiger partial charge on any atom is 0.474 e. The van der Waals surface area contributed by atoms with Gasteiger partial charge >= 0.3 is 31.7 Å². The Morgan fingerprint density at radius 2 is 0.729 bits per heavy atom. The fourth-order valence-electron chi connectivity index (χ4n) is 5.13. The molecule has 0 N–H and O–H groups in total. The standard InChI is InChI=1S/C44H67O14P/c1-12-13-14-15-24-56-59(49,57-31-43(6,7)29-54-39(47)35-20-16-33(17-21-35)37(45)52-27-41(2,3)25-50-10)58-32-44(8,9)30-55-40(48)36-22-18-34(19-23-36)38(46)53-28-42(4,5)26-51-11/h16-23H,12-15,24-32H2,1-11H3. The number of phosphoric ester groups is 1. The van der Waals surface area contributed by atoms with Crippen LogP contribution in [-0.4, -0.2) is 97.6 Å². The first-order valence-electron chi connectivity index (χ1n) is 20.0. The summed E-state index contributed by atoms with van der Waals surface area (Å²) in [5, 5.41) is 0. The Morgan fingerprint density at radius 1 is 0.441 bits per heavy atom. The van der Waals surface area contributed by atoms with Crippen molar-refractivity contribution in [3.8, 4) is 0 Å². The van der Waals surface area contributed by atoms with Gasteiger partial charge in [0.15, 0.2) is 0 Å². The molecule has 0 radical (unpaired) electrons. The summed E-state index contributed by atoms with van der Waals surface area (Å²) < 4.78 is 63.6. The summed E-state index contributed by atoms with van der Waals surface area (Å²) >= 11 is 0. The Labute approximate surface area is 350 Å². The van der Waals surface area contributed by atoms with Gasteiger partial charge in [-0.25, -0.2) is 23.7 Å². The van der Waals surface area contributed by atoms with E-state index in [1.54, 1.807) is 41.9 Å². The number of methoxy groups -OCH3 is 2. The van der Waals surface area contributed by atoms with Gasteiger partial charge in [-0.2, -0.15) is 0 Å². The molecular weight excluding hydrogens is 783 g/mol. The van der Waals surface area contributed by atoms with E-state index in [2.05, 4.69) is 6.92 Å². The van der Waals surface area contributed by atoms with Crippen molar-refractivity contribution < 1.29 is 65.7 Å². The molecule has 0 amide bonds. The fraction of sp³-hybridized carbons (Fsp3) is 0.636. The third kappa shape index (κ3) is 20.0. The van der Waals surface area contributed by atoms with E-state index >= 15 is 0 Å². The van der Waals surface area contributed by atoms with Crippen molar-refractivity contribution >= 4 is 31.7 Å². The molecule has 59 heavy (non-hydrogen) atoms. The summed E-state index contributed by atoms with van der Waals surface area (Å²) in [7, 11) is -0.958. The van der Waals surface area contributed by atoms with E-state index in [1.165, 1.54) is 48.5 Å². The SMILES string of the molecule is CCCCCCOP(=O)(OCC(C)(C)COC(=O)c1ccc(C(=O)OCC(C)(C)COC)cc1)OCC(C)(C)COC(=O)c1ccc(C(=O)OCC(C)(C)COC)cc1. The topological polar surface area (TPSA) is 168 Å². The molecule has 0 unspecified atom stereocenters. The van der Waals surface area contributed by atoms with Gasteiger partial charge in [0.25, 0.3) is 0 Å². The number of phosphoric acid groups is 1. The van der Waals surface area contributed by atoms with Gasteiger partial charge in [-0.1, -0.05) is 81.6 Å². The molecule has 0 aliphatic rings. The van der Waals surface area contributed by atoms with Gasteiger partial charge in [-0.15, -0.1) is 0 Å². The van der Waals surface area contributed by atoms with Gasteiger partial charge in [-0.05, 0) is 55.0 Å². The first-order chi connectivity index (χ1) is 27.6. The van der Waals surface area contributed by atoms with E-state index in [0.717, 1.165) is 19.3 Å². The highest BCUT2D eigenvalue weighted by Gasteiger charge is 2.35. The number of benzene rings is 2. The third-order valence-corrected chi connectivity index (χ3v) is 10.0. The zero-order valence-electron chi connectivity index (χ0n) is 37.0. The first-order valence-corrected chi connectivity index (χ1v) is 21.4. The molecule has 0 aliphatic heterocycles. The molecule has 0 fully saturated rings. The smallest absolute Gasteiger partial charge is 0.461 e. The molecule has 0 heterocycles. The van der Waals surface area contributed by atoms with E-state index in [1.807, 2.05) is 27.7 Å². The second-order valence-corrected chi connectivity index (χ2v) is 19.5. The predicted molar refractivity (Wildman–Crippen MR) is 222 cm³/mol. The van der Waals surface area contributed by atoms with Crippen LogP contribution in [0, 0.1) is 21.7 Å². The molecule has 0 saturated carbocycles. The van der Waals surface area contributed by atoms with Crippen molar-refractivity contribution in [1.82, 2.24) is 0 Å². The predicted octanol–water partition coefficient (Wildman–Crippen LogP) is 9.15. The summed E-state index contributed by atoms with van der Waals surface area (Å²) in [6, 6.07) is 11.9. The van der Waals surface area contributed by atoms with E-state index < -0.39 is 42.5 Å². The molecule has 14 nitrogen and oxygen atoms in total. The highest BCUT2D eigenvalue weighted by molar-refractivity contribution is 7.48. The molecule has 332 valence electrons. The second kappa shape index (κ2) is 24.0. The van der Waals surface area contributed by atoms with Crippen molar-refractivity contribution in [2.45, 2.75) is 88.0 Å². The lowest BCUT2D eigenvalue weighted by Gasteiger charge is -2.29. The van der Waals surface area contributed by atoms with E-state index in [4.69, 9.17) is 42.0 Å². The first kappa shape index (κ1) is 51.5. The Morgan fingerprint density at radius 3 is 1.00 bits per heavy atom. The summed E-state index contributed by atoms with van der Waals surface area (Å²) in [6.45, 7) is 17.8. The number of carbonyl (C=O) groups excluding carboxylic acids is 4. The molecule has 0 saturated heterocycles. The van der Waals surface area contributed by atoms with Gasteiger partial charge in [0, 0.05) is 35.9 Å². The van der Waals surface area contributed by atoms with Gasteiger partial charge in [-0.3, -0.25) is 13.6 Å². The Hall–Kier alpha value is -3.65. The van der Waals surface area contributed by atoms with E-state index in [0.29, 0.717) is 30.8 Å². The van der Waals surface area contributed by atoms with Crippen molar-refractivity contribution in [2.75, 3.05) is 73.7 Å². The van der Waals surface area contributed by atoms with Crippen molar-refractivity contribution in [2.24, 2.45) is 21.7 Å². The average Bonchev–Trinajstić information content (AvgIpc) is 3.19. The highest BCUT2D eigenvalue weighted by atomic mass is 31.2. The minimum Gasteiger partial charge on any atom is -0.461 e. The van der Waals surface area contributed by atoms with Crippen LogP contribution in [-0.2, 0) is 46.6 Å². The van der Waals surface area contributed by atoms with E-state index in [9.17, 15) is 23.7 Å². The minimum atomic E-state index is -4.13. The number of ether oxygens (including phenoxy) is 6. The van der Waals surface area contributed by atoms with Gasteiger partial charge in [0.1, 0.15) is 0 Å². The van der Waals surface area contributed by atoms with Crippen LogP contribution in [0.15, 0.2) is 48.5 Å². The van der Waals surface area contributed by atoms with Crippen LogP contribution in [0.3, 0.4) is 0 Å². The number of hydrogen-bond acceptors (Lipinski definition) is 14. The zero-order valence-corrected chi connectivity index (χ0v) is 37.9. The van der Waals surface area contributed by atoms with Crippen molar-refractivity contribution in [3.63, 3.8) is 0 Å². The average molecular weight is 851 g/mol. The van der Waals surface area contributed by atoms with Gasteiger partial charge < -0.3 is 28.4 Å². The molecule has 0 aliphatic carbocycles. The minimum absolute atomic E-state index is 0.0864. The Bertz CT molecular complexity index is 1550. The van der Waals surface area contributed by atoms with Gasteiger partial charge in [0.05, 0.1) is 81.7 Å². The van der Waals surface area contributed by atoms with Crippen LogP contribution in [0.25, 0.3) is 0 Å². The molecule has 15 heteroatoms. The molecule has 0 aromatic heterocycles. The van der Waals surface area contributed by atoms with Crippen molar-refractivity contribution in [3.05, 3.63) is 70.8 Å². The third-order valence-electron chi connectivity index (χ3n) is 8.63. The number of unbranched alkanes of at least 4 members (excludes halogenated alkanes) is 3. The fourth-order valence-corrected chi connectivity index (χ4v) is 6.73. The normalized spacial score (nSPS) is 12.5. The maximum absolute atomic E-state index is 13.9. The molecule has 2 aromatic rings. The summed E-state index contributed by atoms with van der Waals surface area (Å²) in [5.41, 5.74) is -1.26.